The van der Waals surface area contributed by atoms with Crippen molar-refractivity contribution in [3.63, 3.8) is 0 Å². The van der Waals surface area contributed by atoms with Crippen molar-refractivity contribution in [1.82, 2.24) is 0 Å². The molecule has 100 valence electrons. The number of nitrogens with one attached hydrogen (secondary N) is 1. The Bertz CT molecular complexity index is 532. The summed E-state index contributed by atoms with van der Waals surface area (Å²) in [4.78, 5) is 0. The molecule has 0 aromatic heterocycles. The highest BCUT2D eigenvalue weighted by molar-refractivity contribution is 5.44. The second kappa shape index (κ2) is 5.78. The molecule has 0 saturated carbocycles. The molecule has 0 amide bonds. The summed E-state index contributed by atoms with van der Waals surface area (Å²) in [5, 5.41) is 3.01. The second-order valence-electron chi connectivity index (χ2n) is 4.53. The van der Waals surface area contributed by atoms with Gasteiger partial charge < -0.3 is 5.32 Å². The molecule has 0 fully saturated rings. The Morgan fingerprint density at radius 1 is 0.895 bits per heavy atom. The van der Waals surface area contributed by atoms with E-state index in [-0.39, 0.29) is 11.9 Å². The van der Waals surface area contributed by atoms with E-state index < -0.39 is 11.6 Å². The summed E-state index contributed by atoms with van der Waals surface area (Å²) in [6.45, 7) is 1.90. The van der Waals surface area contributed by atoms with E-state index in [0.29, 0.717) is 12.1 Å². The Kier molecular flexibility index (Phi) is 4.10. The van der Waals surface area contributed by atoms with Gasteiger partial charge in [-0.1, -0.05) is 12.1 Å². The van der Waals surface area contributed by atoms with Crippen molar-refractivity contribution >= 4 is 5.69 Å². The van der Waals surface area contributed by atoms with Crippen molar-refractivity contribution in [2.45, 2.75) is 19.4 Å². The quantitative estimate of drug-likeness (QED) is 0.875. The molecule has 0 aliphatic rings. The average molecular weight is 265 g/mol. The van der Waals surface area contributed by atoms with Gasteiger partial charge in [-0.15, -0.1) is 0 Å². The van der Waals surface area contributed by atoms with Crippen LogP contribution < -0.4 is 5.32 Å². The Labute approximate surface area is 110 Å². The third-order valence-electron chi connectivity index (χ3n) is 2.73. The standard InChI is InChI=1S/C15H14F3N/c1-10(6-11-2-4-12(16)5-3-11)19-15-8-13(17)7-14(18)9-15/h2-5,7-10,19H,6H2,1H3. The van der Waals surface area contributed by atoms with Crippen molar-refractivity contribution in [3.05, 3.63) is 65.5 Å². The first kappa shape index (κ1) is 13.5. The van der Waals surface area contributed by atoms with Crippen molar-refractivity contribution in [2.24, 2.45) is 0 Å². The maximum absolute atomic E-state index is 13.0. The average Bonchev–Trinajstić information content (AvgIpc) is 2.30. The summed E-state index contributed by atoms with van der Waals surface area (Å²) in [5.41, 5.74) is 1.35. The lowest BCUT2D eigenvalue weighted by molar-refractivity contribution is 0.583. The topological polar surface area (TPSA) is 12.0 Å². The Balaban J connectivity index is 2.00. The van der Waals surface area contributed by atoms with Crippen LogP contribution >= 0.6 is 0 Å². The van der Waals surface area contributed by atoms with Crippen LogP contribution in [0.25, 0.3) is 0 Å². The summed E-state index contributed by atoms with van der Waals surface area (Å²) < 4.78 is 38.8. The van der Waals surface area contributed by atoms with Gasteiger partial charge in [-0.3, -0.25) is 0 Å². The third kappa shape index (κ3) is 4.02. The second-order valence-corrected chi connectivity index (χ2v) is 4.53. The van der Waals surface area contributed by atoms with Gasteiger partial charge in [0.15, 0.2) is 0 Å². The van der Waals surface area contributed by atoms with Crippen molar-refractivity contribution in [1.29, 1.82) is 0 Å². The van der Waals surface area contributed by atoms with E-state index in [1.807, 2.05) is 6.92 Å². The van der Waals surface area contributed by atoms with Crippen LogP contribution in [0.2, 0.25) is 0 Å². The van der Waals surface area contributed by atoms with Gasteiger partial charge in [0.05, 0.1) is 0 Å². The number of halogens is 3. The number of rotatable bonds is 4. The minimum atomic E-state index is -0.614. The highest BCUT2D eigenvalue weighted by atomic mass is 19.1. The normalized spacial score (nSPS) is 12.2. The van der Waals surface area contributed by atoms with Crippen LogP contribution in [-0.4, -0.2) is 6.04 Å². The zero-order valence-corrected chi connectivity index (χ0v) is 10.5. The molecule has 0 radical (unpaired) electrons. The lowest BCUT2D eigenvalue weighted by atomic mass is 10.1. The van der Waals surface area contributed by atoms with Gasteiger partial charge in [0.1, 0.15) is 17.5 Å². The van der Waals surface area contributed by atoms with Gasteiger partial charge in [0.2, 0.25) is 0 Å². The van der Waals surface area contributed by atoms with Crippen LogP contribution in [0, 0.1) is 17.5 Å². The van der Waals surface area contributed by atoms with E-state index in [2.05, 4.69) is 5.32 Å². The Hall–Kier alpha value is -1.97. The van der Waals surface area contributed by atoms with Gasteiger partial charge >= 0.3 is 0 Å². The molecule has 1 atom stereocenters. The maximum Gasteiger partial charge on any atom is 0.128 e. The zero-order valence-electron chi connectivity index (χ0n) is 10.5. The Morgan fingerprint density at radius 3 is 2.05 bits per heavy atom. The molecule has 0 heterocycles. The molecule has 0 aliphatic heterocycles. The lowest BCUT2D eigenvalue weighted by Crippen LogP contribution is -2.18. The fourth-order valence-electron chi connectivity index (χ4n) is 1.95. The lowest BCUT2D eigenvalue weighted by Gasteiger charge is -2.15. The SMILES string of the molecule is CC(Cc1ccc(F)cc1)Nc1cc(F)cc(F)c1. The number of benzene rings is 2. The minimum Gasteiger partial charge on any atom is -0.382 e. The highest BCUT2D eigenvalue weighted by Crippen LogP contribution is 2.15. The molecule has 1 nitrogen and oxygen atoms in total. The summed E-state index contributed by atoms with van der Waals surface area (Å²) in [7, 11) is 0. The predicted octanol–water partition coefficient (Wildman–Crippen LogP) is 4.15. The van der Waals surface area contributed by atoms with Gasteiger partial charge in [-0.2, -0.15) is 0 Å². The van der Waals surface area contributed by atoms with Gasteiger partial charge in [-0.25, -0.2) is 13.2 Å². The molecule has 0 aliphatic carbocycles. The molecule has 1 unspecified atom stereocenters. The summed E-state index contributed by atoms with van der Waals surface area (Å²) in [6, 6.07) is 9.46. The predicted molar refractivity (Wildman–Crippen MR) is 69.5 cm³/mol. The Morgan fingerprint density at radius 2 is 1.47 bits per heavy atom. The first-order valence-corrected chi connectivity index (χ1v) is 6.00. The van der Waals surface area contributed by atoms with Crippen molar-refractivity contribution in [3.8, 4) is 0 Å². The van der Waals surface area contributed by atoms with Crippen LogP contribution in [-0.2, 0) is 6.42 Å². The van der Waals surface area contributed by atoms with Crippen molar-refractivity contribution < 1.29 is 13.2 Å². The van der Waals surface area contributed by atoms with E-state index >= 15 is 0 Å². The van der Waals surface area contributed by atoms with Gasteiger partial charge in [-0.05, 0) is 43.2 Å². The fraction of sp³-hybridized carbons (Fsp3) is 0.200. The van der Waals surface area contributed by atoms with E-state index in [4.69, 9.17) is 0 Å². The number of hydrogen-bond acceptors (Lipinski definition) is 1. The molecule has 2 aromatic rings. The molecule has 4 heteroatoms. The monoisotopic (exact) mass is 265 g/mol. The van der Waals surface area contributed by atoms with E-state index in [1.54, 1.807) is 12.1 Å². The fourth-order valence-corrected chi connectivity index (χ4v) is 1.95. The third-order valence-corrected chi connectivity index (χ3v) is 2.73. The van der Waals surface area contributed by atoms with E-state index in [0.717, 1.165) is 11.6 Å². The van der Waals surface area contributed by atoms with Crippen LogP contribution in [0.3, 0.4) is 0 Å². The molecular formula is C15H14F3N. The molecule has 19 heavy (non-hydrogen) atoms. The summed E-state index contributed by atoms with van der Waals surface area (Å²) >= 11 is 0. The first-order chi connectivity index (χ1) is 9.02. The molecule has 0 saturated heterocycles. The number of hydrogen-bond donors (Lipinski definition) is 1. The molecule has 2 rings (SSSR count). The van der Waals surface area contributed by atoms with Crippen LogP contribution in [0.5, 0.6) is 0 Å². The highest BCUT2D eigenvalue weighted by Gasteiger charge is 2.06. The summed E-state index contributed by atoms with van der Waals surface area (Å²) in [6.07, 6.45) is 0.637. The van der Waals surface area contributed by atoms with E-state index in [9.17, 15) is 13.2 Å². The van der Waals surface area contributed by atoms with Crippen LogP contribution in [0.1, 0.15) is 12.5 Å². The molecule has 2 aromatic carbocycles. The molecule has 0 spiro atoms. The first-order valence-electron chi connectivity index (χ1n) is 6.00. The molecule has 1 N–H and O–H groups in total. The molecular weight excluding hydrogens is 251 g/mol. The van der Waals surface area contributed by atoms with Gasteiger partial charge in [0, 0.05) is 17.8 Å². The minimum absolute atomic E-state index is 0.0216. The smallest absolute Gasteiger partial charge is 0.128 e. The number of anilines is 1. The van der Waals surface area contributed by atoms with Crippen LogP contribution in [0.4, 0.5) is 18.9 Å². The van der Waals surface area contributed by atoms with E-state index in [1.165, 1.54) is 24.3 Å². The summed E-state index contributed by atoms with van der Waals surface area (Å²) in [5.74, 6) is -1.51. The maximum atomic E-state index is 13.0. The van der Waals surface area contributed by atoms with Gasteiger partial charge in [0.25, 0.3) is 0 Å². The molecule has 0 bridgehead atoms. The van der Waals surface area contributed by atoms with Crippen LogP contribution in [0.15, 0.2) is 42.5 Å². The van der Waals surface area contributed by atoms with Crippen molar-refractivity contribution in [2.75, 3.05) is 5.32 Å². The largest absolute Gasteiger partial charge is 0.382 e. The zero-order chi connectivity index (χ0) is 13.8.